The van der Waals surface area contributed by atoms with Gasteiger partial charge in [0.15, 0.2) is 11.6 Å². The van der Waals surface area contributed by atoms with E-state index >= 15 is 0 Å². The van der Waals surface area contributed by atoms with Crippen molar-refractivity contribution in [2.75, 3.05) is 0 Å². The van der Waals surface area contributed by atoms with E-state index < -0.39 is 0 Å². The number of nitrogens with zero attached hydrogens (tertiary/aromatic N) is 7. The summed E-state index contributed by atoms with van der Waals surface area (Å²) < 4.78 is 10.4. The second kappa shape index (κ2) is 15.6. The summed E-state index contributed by atoms with van der Waals surface area (Å²) >= 11 is 3.73. The minimum Gasteiger partial charge on any atom is -0.369 e. The second-order valence-corrected chi connectivity index (χ2v) is 16.3. The van der Waals surface area contributed by atoms with Gasteiger partial charge in [-0.3, -0.25) is 14.0 Å². The zero-order valence-electron chi connectivity index (χ0n) is 31.8. The molecule has 1 aliphatic carbocycles. The van der Waals surface area contributed by atoms with Crippen molar-refractivity contribution in [3.8, 4) is 10.0 Å². The Morgan fingerprint density at radius 3 is 2.10 bits per heavy atom. The molecule has 8 nitrogen and oxygen atoms in total. The highest BCUT2D eigenvalue weighted by Gasteiger charge is 2.37. The Balaban J connectivity index is 0.000000156. The maximum Gasteiger partial charge on any atom is 0.164 e. The van der Waals surface area contributed by atoms with Gasteiger partial charge in [-0.2, -0.15) is 0 Å². The van der Waals surface area contributed by atoms with Crippen LogP contribution in [-0.2, 0) is 30.9 Å². The van der Waals surface area contributed by atoms with Crippen LogP contribution in [0, 0.1) is 27.7 Å². The molecule has 2 atom stereocenters. The van der Waals surface area contributed by atoms with Crippen molar-refractivity contribution in [2.24, 2.45) is 0 Å². The van der Waals surface area contributed by atoms with Crippen LogP contribution in [-0.4, -0.2) is 40.5 Å². The van der Waals surface area contributed by atoms with Crippen molar-refractivity contribution in [3.63, 3.8) is 0 Å². The minimum absolute atomic E-state index is 0.306. The number of benzene rings is 2. The summed E-state index contributed by atoms with van der Waals surface area (Å²) in [6, 6.07) is 22.5. The lowest BCUT2D eigenvalue weighted by molar-refractivity contribution is 0.0762. The largest absolute Gasteiger partial charge is 0.369 e. The molecule has 6 aromatic rings. The summed E-state index contributed by atoms with van der Waals surface area (Å²) in [5.41, 5.74) is 8.37. The number of aromatic nitrogens is 6. The molecule has 1 saturated carbocycles. The molecule has 0 spiro atoms. The van der Waals surface area contributed by atoms with Crippen molar-refractivity contribution in [1.82, 2.24) is 34.4 Å². The van der Waals surface area contributed by atoms with Crippen LogP contribution in [0.1, 0.15) is 125 Å². The van der Waals surface area contributed by atoms with E-state index in [9.17, 15) is 0 Å². The average Bonchev–Trinajstić information content (AvgIpc) is 3.83. The zero-order valence-corrected chi connectivity index (χ0v) is 33.4. The third-order valence-electron chi connectivity index (χ3n) is 10.8. The van der Waals surface area contributed by atoms with Crippen LogP contribution < -0.4 is 0 Å². The topological polar surface area (TPSA) is 73.9 Å². The predicted molar refractivity (Wildman–Crippen MR) is 212 cm³/mol. The highest BCUT2D eigenvalue weighted by molar-refractivity contribution is 7.15. The lowest BCUT2D eigenvalue weighted by atomic mass is 9.89. The van der Waals surface area contributed by atoms with Crippen LogP contribution in [0.15, 0.2) is 60.7 Å². The fourth-order valence-electron chi connectivity index (χ4n) is 7.91. The molecule has 2 aromatic carbocycles. The maximum absolute atomic E-state index is 5.88. The van der Waals surface area contributed by atoms with E-state index in [4.69, 9.17) is 4.74 Å². The molecule has 6 heterocycles. The molecule has 9 rings (SSSR count). The van der Waals surface area contributed by atoms with E-state index in [0.29, 0.717) is 31.2 Å². The fourth-order valence-corrected chi connectivity index (χ4v) is 10.5. The average molecular weight is 734 g/mol. The summed E-state index contributed by atoms with van der Waals surface area (Å²) in [4.78, 5) is 5.44. The normalized spacial score (nSPS) is 17.1. The van der Waals surface area contributed by atoms with Gasteiger partial charge in [0.25, 0.3) is 0 Å². The van der Waals surface area contributed by atoms with E-state index in [-0.39, 0.29) is 0 Å². The Morgan fingerprint density at radius 2 is 1.40 bits per heavy atom. The van der Waals surface area contributed by atoms with Crippen molar-refractivity contribution >= 4 is 22.7 Å². The molecule has 272 valence electrons. The van der Waals surface area contributed by atoms with Gasteiger partial charge in [-0.05, 0) is 76.1 Å². The summed E-state index contributed by atoms with van der Waals surface area (Å²) in [6.07, 6.45) is 4.97. The number of ether oxygens (including phenoxy) is 1. The van der Waals surface area contributed by atoms with Gasteiger partial charge >= 0.3 is 0 Å². The summed E-state index contributed by atoms with van der Waals surface area (Å²) in [5, 5.41) is 20.1. The highest BCUT2D eigenvalue weighted by Crippen LogP contribution is 2.44. The molecule has 0 amide bonds. The SMILES string of the molecule is CC.Cc1sc2c(c1C(C)c1ccccc1)COCc1nnc(C)n1-2.Cc1sc2c(c1Cc1ccccc1)CN(C1CCC1)[C@@H](C)c1nnc(C)n1-2. The van der Waals surface area contributed by atoms with E-state index in [2.05, 4.69) is 130 Å². The third-order valence-corrected chi connectivity index (χ3v) is 13.2. The number of aryl methyl sites for hydroxylation is 4. The molecular formula is C42H51N7OS2. The van der Waals surface area contributed by atoms with Gasteiger partial charge in [0.1, 0.15) is 28.3 Å². The van der Waals surface area contributed by atoms with Gasteiger partial charge < -0.3 is 4.74 Å². The highest BCUT2D eigenvalue weighted by atomic mass is 32.1. The lowest BCUT2D eigenvalue weighted by Gasteiger charge is -2.40. The summed E-state index contributed by atoms with van der Waals surface area (Å²) in [7, 11) is 0. The number of rotatable bonds is 5. The van der Waals surface area contributed by atoms with Crippen LogP contribution >= 0.6 is 22.7 Å². The maximum atomic E-state index is 5.88. The van der Waals surface area contributed by atoms with Crippen LogP contribution in [0.5, 0.6) is 0 Å². The van der Waals surface area contributed by atoms with Crippen LogP contribution in [0.4, 0.5) is 0 Å². The Labute approximate surface area is 316 Å². The van der Waals surface area contributed by atoms with E-state index in [1.165, 1.54) is 72.4 Å². The van der Waals surface area contributed by atoms with Gasteiger partial charge in [0.2, 0.25) is 0 Å². The monoisotopic (exact) mass is 733 g/mol. The Morgan fingerprint density at radius 1 is 0.769 bits per heavy atom. The summed E-state index contributed by atoms with van der Waals surface area (Å²) in [5.74, 6) is 4.26. The van der Waals surface area contributed by atoms with Gasteiger partial charge in [0, 0.05) is 39.4 Å². The Hall–Kier alpha value is -3.96. The third kappa shape index (κ3) is 6.70. The van der Waals surface area contributed by atoms with Crippen molar-refractivity contribution in [2.45, 2.75) is 119 Å². The number of hydrogen-bond acceptors (Lipinski definition) is 8. The first-order chi connectivity index (χ1) is 25.3. The molecule has 4 aromatic heterocycles. The molecular weight excluding hydrogens is 683 g/mol. The number of fused-ring (bicyclic) bond motifs is 6. The van der Waals surface area contributed by atoms with Crippen molar-refractivity contribution < 1.29 is 4.74 Å². The van der Waals surface area contributed by atoms with Gasteiger partial charge in [-0.1, -0.05) is 87.9 Å². The molecule has 3 aliphatic rings. The fraction of sp³-hybridized carbons (Fsp3) is 0.429. The number of thiophene rings is 2. The standard InChI is InChI=1S/C22H26N4S.C18H19N3OS.C2H6/c1-14-21-24-23-16(3)26(21)22-20(13-25(14)18-10-7-11-18)19(15(2)27-22)12-17-8-5-4-6-9-17;1-11(14-7-5-4-6-8-14)17-12(2)23-18-15(17)9-22-10-16-20-19-13(3)21(16)18;1-2/h4-6,8-9,14,18H,7,10-13H2,1-3H3;4-8,11H,9-10H2,1-3H3;1-2H3/t14-;;/m0../s1. The quantitative estimate of drug-likeness (QED) is 0.176. The first-order valence-corrected chi connectivity index (χ1v) is 20.4. The van der Waals surface area contributed by atoms with Gasteiger partial charge in [0.05, 0.1) is 12.6 Å². The molecule has 52 heavy (non-hydrogen) atoms. The van der Waals surface area contributed by atoms with Gasteiger partial charge in [-0.15, -0.1) is 43.1 Å². The van der Waals surface area contributed by atoms with E-state index in [0.717, 1.165) is 36.3 Å². The second-order valence-electron chi connectivity index (χ2n) is 13.9. The molecule has 0 saturated heterocycles. The minimum atomic E-state index is 0.306. The molecule has 0 N–H and O–H groups in total. The van der Waals surface area contributed by atoms with Crippen molar-refractivity contribution in [3.05, 3.63) is 127 Å². The Bertz CT molecular complexity index is 2120. The van der Waals surface area contributed by atoms with Crippen LogP contribution in [0.25, 0.3) is 10.0 Å². The Kier molecular flexibility index (Phi) is 10.9. The summed E-state index contributed by atoms with van der Waals surface area (Å²) in [6.45, 7) is 19.3. The molecule has 10 heteroatoms. The molecule has 2 aliphatic heterocycles. The van der Waals surface area contributed by atoms with Gasteiger partial charge in [-0.25, -0.2) is 0 Å². The van der Waals surface area contributed by atoms with Crippen molar-refractivity contribution in [1.29, 1.82) is 0 Å². The first-order valence-electron chi connectivity index (χ1n) is 18.8. The molecule has 1 unspecified atom stereocenters. The smallest absolute Gasteiger partial charge is 0.164 e. The van der Waals surface area contributed by atoms with E-state index in [1.807, 2.05) is 43.4 Å². The van der Waals surface area contributed by atoms with Crippen LogP contribution in [0.2, 0.25) is 0 Å². The molecule has 0 bridgehead atoms. The lowest BCUT2D eigenvalue weighted by Crippen LogP contribution is -2.41. The van der Waals surface area contributed by atoms with Crippen LogP contribution in [0.3, 0.4) is 0 Å². The molecule has 1 fully saturated rings. The predicted octanol–water partition coefficient (Wildman–Crippen LogP) is 10.1. The number of hydrogen-bond donors (Lipinski definition) is 0. The molecule has 0 radical (unpaired) electrons. The zero-order chi connectivity index (χ0) is 36.5. The van der Waals surface area contributed by atoms with E-state index in [1.54, 1.807) is 0 Å². The first kappa shape index (κ1) is 36.4.